The average molecular weight is 216 g/mol. The highest BCUT2D eigenvalue weighted by atomic mass is 16.6. The third kappa shape index (κ3) is 5.78. The van der Waals surface area contributed by atoms with Crippen LogP contribution < -0.4 is 0 Å². The molecule has 0 heterocycles. The van der Waals surface area contributed by atoms with E-state index in [4.69, 9.17) is 4.74 Å². The topological polar surface area (TPSA) is 46.5 Å². The molecule has 0 aromatic carbocycles. The summed E-state index contributed by atoms with van der Waals surface area (Å²) in [6.07, 6.45) is 2.68. The lowest BCUT2D eigenvalue weighted by Crippen LogP contribution is -2.36. The molecule has 0 bridgehead atoms. The summed E-state index contributed by atoms with van der Waals surface area (Å²) in [5.41, 5.74) is -1.39. The maximum Gasteiger partial charge on any atom is 0.337 e. The molecule has 2 atom stereocenters. The third-order valence-electron chi connectivity index (χ3n) is 2.59. The number of ether oxygens (including phenoxy) is 1. The minimum Gasteiger partial charge on any atom is -0.460 e. The number of hydrogen-bond donors (Lipinski definition) is 1. The maximum absolute atomic E-state index is 11.4. The third-order valence-corrected chi connectivity index (χ3v) is 2.59. The van der Waals surface area contributed by atoms with Gasteiger partial charge in [-0.05, 0) is 32.6 Å². The van der Waals surface area contributed by atoms with Gasteiger partial charge in [0, 0.05) is 0 Å². The van der Waals surface area contributed by atoms with Crippen molar-refractivity contribution in [1.82, 2.24) is 0 Å². The molecule has 0 radical (unpaired) electrons. The zero-order chi connectivity index (χ0) is 12.1. The highest BCUT2D eigenvalue weighted by Gasteiger charge is 2.28. The van der Waals surface area contributed by atoms with E-state index in [2.05, 4.69) is 13.8 Å². The molecule has 0 aliphatic rings. The van der Waals surface area contributed by atoms with Crippen molar-refractivity contribution in [2.75, 3.05) is 0 Å². The lowest BCUT2D eigenvalue weighted by atomic mass is 9.99. The van der Waals surface area contributed by atoms with Crippen LogP contribution in [0.1, 0.15) is 53.9 Å². The van der Waals surface area contributed by atoms with E-state index in [1.807, 2.05) is 6.92 Å². The van der Waals surface area contributed by atoms with Gasteiger partial charge in [0.2, 0.25) is 0 Å². The van der Waals surface area contributed by atoms with Crippen molar-refractivity contribution in [1.29, 1.82) is 0 Å². The average Bonchev–Trinajstić information content (AvgIpc) is 2.14. The first-order valence-electron chi connectivity index (χ1n) is 5.74. The summed E-state index contributed by atoms with van der Waals surface area (Å²) in [6.45, 7) is 9.15. The molecule has 0 fully saturated rings. The van der Waals surface area contributed by atoms with Crippen LogP contribution in [0, 0.1) is 5.92 Å². The summed E-state index contributed by atoms with van der Waals surface area (Å²) < 4.78 is 5.25. The van der Waals surface area contributed by atoms with Crippen LogP contribution in [-0.4, -0.2) is 22.8 Å². The van der Waals surface area contributed by atoms with Gasteiger partial charge in [-0.3, -0.25) is 0 Å². The second-order valence-electron chi connectivity index (χ2n) is 4.74. The largest absolute Gasteiger partial charge is 0.460 e. The normalized spacial score (nSPS) is 15.9. The maximum atomic E-state index is 11.4. The van der Waals surface area contributed by atoms with E-state index in [0.29, 0.717) is 5.92 Å². The first kappa shape index (κ1) is 14.4. The summed E-state index contributed by atoms with van der Waals surface area (Å²) in [5.74, 6) is 0.0159. The summed E-state index contributed by atoms with van der Waals surface area (Å²) in [7, 11) is 0. The predicted molar refractivity (Wildman–Crippen MR) is 60.5 cm³/mol. The summed E-state index contributed by atoms with van der Waals surface area (Å²) >= 11 is 0. The quantitative estimate of drug-likeness (QED) is 0.694. The molecule has 0 spiro atoms. The van der Waals surface area contributed by atoms with Crippen molar-refractivity contribution < 1.29 is 14.6 Å². The van der Waals surface area contributed by atoms with Crippen molar-refractivity contribution in [3.63, 3.8) is 0 Å². The Morgan fingerprint density at radius 2 is 1.87 bits per heavy atom. The van der Waals surface area contributed by atoms with Crippen LogP contribution in [0.15, 0.2) is 0 Å². The van der Waals surface area contributed by atoms with E-state index < -0.39 is 11.6 Å². The molecule has 90 valence electrons. The van der Waals surface area contributed by atoms with Gasteiger partial charge in [0.25, 0.3) is 0 Å². The highest BCUT2D eigenvalue weighted by molar-refractivity contribution is 5.78. The number of carbonyl (C=O) groups excluding carboxylic acids is 1. The smallest absolute Gasteiger partial charge is 0.337 e. The van der Waals surface area contributed by atoms with Crippen molar-refractivity contribution >= 4 is 5.97 Å². The monoisotopic (exact) mass is 216 g/mol. The Bertz CT molecular complexity index is 194. The van der Waals surface area contributed by atoms with Crippen molar-refractivity contribution in [3.05, 3.63) is 0 Å². The summed E-state index contributed by atoms with van der Waals surface area (Å²) in [5, 5.41) is 9.45. The fourth-order valence-corrected chi connectivity index (χ4v) is 1.21. The Labute approximate surface area is 92.8 Å². The van der Waals surface area contributed by atoms with E-state index in [0.717, 1.165) is 19.3 Å². The number of rotatable bonds is 6. The molecule has 0 aliphatic carbocycles. The molecule has 1 N–H and O–H groups in total. The van der Waals surface area contributed by atoms with E-state index in [1.54, 1.807) is 0 Å². The number of carbonyl (C=O) groups is 1. The molecule has 0 rings (SSSR count). The van der Waals surface area contributed by atoms with Gasteiger partial charge in [-0.2, -0.15) is 0 Å². The van der Waals surface area contributed by atoms with Gasteiger partial charge in [-0.1, -0.05) is 27.2 Å². The van der Waals surface area contributed by atoms with Crippen molar-refractivity contribution in [3.8, 4) is 0 Å². The number of aliphatic hydroxyl groups is 1. The lowest BCUT2D eigenvalue weighted by Gasteiger charge is -2.23. The molecule has 3 heteroatoms. The van der Waals surface area contributed by atoms with E-state index >= 15 is 0 Å². The predicted octanol–water partition coefficient (Wildman–Crippen LogP) is 2.52. The summed E-state index contributed by atoms with van der Waals surface area (Å²) in [6, 6.07) is 0. The van der Waals surface area contributed by atoms with Gasteiger partial charge in [-0.15, -0.1) is 0 Å². The molecule has 3 nitrogen and oxygen atoms in total. The molecular formula is C12H24O3. The van der Waals surface area contributed by atoms with Crippen LogP contribution >= 0.6 is 0 Å². The number of hydrogen-bond acceptors (Lipinski definition) is 3. The van der Waals surface area contributed by atoms with Crippen LogP contribution in [0.25, 0.3) is 0 Å². The second kappa shape index (κ2) is 6.11. The highest BCUT2D eigenvalue weighted by Crippen LogP contribution is 2.17. The summed E-state index contributed by atoms with van der Waals surface area (Å²) in [4.78, 5) is 11.4. The zero-order valence-electron chi connectivity index (χ0n) is 10.5. The van der Waals surface area contributed by atoms with E-state index in [9.17, 15) is 9.90 Å². The molecule has 0 amide bonds. The van der Waals surface area contributed by atoms with Crippen molar-refractivity contribution in [2.45, 2.75) is 65.6 Å². The van der Waals surface area contributed by atoms with Gasteiger partial charge in [0.1, 0.15) is 6.10 Å². The van der Waals surface area contributed by atoms with Crippen LogP contribution in [0.3, 0.4) is 0 Å². The van der Waals surface area contributed by atoms with Gasteiger partial charge in [-0.25, -0.2) is 4.79 Å². The standard InChI is InChI=1S/C12H24O3/c1-6-9(3)8-10(7-2)15-11(13)12(4,5)14/h9-10,14H,6-8H2,1-5H3. The van der Waals surface area contributed by atoms with Crippen LogP contribution in [0.5, 0.6) is 0 Å². The Morgan fingerprint density at radius 1 is 1.33 bits per heavy atom. The van der Waals surface area contributed by atoms with Crippen LogP contribution in [0.2, 0.25) is 0 Å². The molecule has 0 saturated carbocycles. The van der Waals surface area contributed by atoms with Gasteiger partial charge >= 0.3 is 5.97 Å². The molecule has 0 aromatic rings. The zero-order valence-corrected chi connectivity index (χ0v) is 10.5. The Hall–Kier alpha value is -0.570. The minimum atomic E-state index is -1.39. The number of esters is 1. The van der Waals surface area contributed by atoms with Gasteiger partial charge in [0.05, 0.1) is 0 Å². The minimum absolute atomic E-state index is 0.0705. The van der Waals surface area contributed by atoms with E-state index in [-0.39, 0.29) is 6.10 Å². The Morgan fingerprint density at radius 3 is 2.20 bits per heavy atom. The fraction of sp³-hybridized carbons (Fsp3) is 0.917. The van der Waals surface area contributed by atoms with Crippen LogP contribution in [-0.2, 0) is 9.53 Å². The molecule has 0 aromatic heterocycles. The first-order valence-corrected chi connectivity index (χ1v) is 5.74. The Balaban J connectivity index is 4.16. The molecule has 15 heavy (non-hydrogen) atoms. The SMILES string of the molecule is CCC(C)CC(CC)OC(=O)C(C)(C)O. The van der Waals surface area contributed by atoms with Gasteiger partial charge < -0.3 is 9.84 Å². The molecule has 0 aliphatic heterocycles. The van der Waals surface area contributed by atoms with E-state index in [1.165, 1.54) is 13.8 Å². The molecule has 0 saturated heterocycles. The first-order chi connectivity index (χ1) is 6.81. The fourth-order valence-electron chi connectivity index (χ4n) is 1.21. The van der Waals surface area contributed by atoms with Crippen molar-refractivity contribution in [2.24, 2.45) is 5.92 Å². The lowest BCUT2D eigenvalue weighted by molar-refractivity contribution is -0.168. The van der Waals surface area contributed by atoms with Gasteiger partial charge in [0.15, 0.2) is 5.60 Å². The van der Waals surface area contributed by atoms with Crippen LogP contribution in [0.4, 0.5) is 0 Å². The second-order valence-corrected chi connectivity index (χ2v) is 4.74. The molecule has 2 unspecified atom stereocenters. The Kier molecular flexibility index (Phi) is 5.88. The molecular weight excluding hydrogens is 192 g/mol.